The first-order valence-electron chi connectivity index (χ1n) is 6.97. The van der Waals surface area contributed by atoms with E-state index in [1.54, 1.807) is 25.2 Å². The number of ether oxygens (including phenoxy) is 3. The lowest BCUT2D eigenvalue weighted by atomic mass is 10.2. The van der Waals surface area contributed by atoms with Crippen molar-refractivity contribution in [2.24, 2.45) is 0 Å². The molecule has 1 amide bonds. The molecule has 122 valence electrons. The fourth-order valence-electron chi connectivity index (χ4n) is 1.68. The van der Waals surface area contributed by atoms with Crippen LogP contribution in [-0.2, 0) is 4.74 Å². The molecular weight excluding hydrogens is 286 g/mol. The molecule has 22 heavy (non-hydrogen) atoms. The number of rotatable bonds is 6. The Labute approximate surface area is 131 Å². The van der Waals surface area contributed by atoms with Gasteiger partial charge in [-0.3, -0.25) is 4.79 Å². The molecule has 0 saturated carbocycles. The molecule has 0 heterocycles. The minimum Gasteiger partial charge on any atom is -0.492 e. The van der Waals surface area contributed by atoms with Crippen molar-refractivity contribution in [3.8, 4) is 11.5 Å². The number of benzene rings is 1. The van der Waals surface area contributed by atoms with E-state index in [-0.39, 0.29) is 6.61 Å². The monoisotopic (exact) mass is 309 g/mol. The third kappa shape index (κ3) is 5.27. The summed E-state index contributed by atoms with van der Waals surface area (Å²) in [5, 5.41) is 0. The molecule has 0 unspecified atom stereocenters. The van der Waals surface area contributed by atoms with Crippen LogP contribution in [0.3, 0.4) is 0 Å². The van der Waals surface area contributed by atoms with Crippen LogP contribution in [0.5, 0.6) is 11.5 Å². The molecule has 0 saturated heterocycles. The number of carbonyl (C=O) groups is 2. The second-order valence-corrected chi connectivity index (χ2v) is 5.75. The second kappa shape index (κ2) is 7.68. The van der Waals surface area contributed by atoms with Gasteiger partial charge >= 0.3 is 6.09 Å². The van der Waals surface area contributed by atoms with E-state index >= 15 is 0 Å². The molecule has 0 atom stereocenters. The smallest absolute Gasteiger partial charge is 0.410 e. The lowest BCUT2D eigenvalue weighted by Gasteiger charge is -2.24. The van der Waals surface area contributed by atoms with Crippen molar-refractivity contribution < 1.29 is 23.8 Å². The van der Waals surface area contributed by atoms with Gasteiger partial charge in [-0.1, -0.05) is 6.07 Å². The van der Waals surface area contributed by atoms with E-state index < -0.39 is 11.7 Å². The maximum Gasteiger partial charge on any atom is 0.410 e. The third-order valence-electron chi connectivity index (χ3n) is 2.73. The van der Waals surface area contributed by atoms with E-state index in [1.165, 1.54) is 12.0 Å². The van der Waals surface area contributed by atoms with E-state index in [4.69, 9.17) is 14.2 Å². The largest absolute Gasteiger partial charge is 0.492 e. The maximum atomic E-state index is 11.8. The normalized spacial score (nSPS) is 10.8. The highest BCUT2D eigenvalue weighted by Gasteiger charge is 2.19. The van der Waals surface area contributed by atoms with Crippen molar-refractivity contribution in [3.63, 3.8) is 0 Å². The molecule has 0 aliphatic carbocycles. The number of para-hydroxylation sites is 1. The summed E-state index contributed by atoms with van der Waals surface area (Å²) in [6.45, 7) is 6.04. The summed E-state index contributed by atoms with van der Waals surface area (Å²) in [6, 6.07) is 5.06. The molecule has 6 nitrogen and oxygen atoms in total. The zero-order valence-corrected chi connectivity index (χ0v) is 13.7. The van der Waals surface area contributed by atoms with Gasteiger partial charge in [0.2, 0.25) is 0 Å². The highest BCUT2D eigenvalue weighted by atomic mass is 16.6. The van der Waals surface area contributed by atoms with Crippen molar-refractivity contribution in [3.05, 3.63) is 23.8 Å². The Balaban J connectivity index is 2.57. The highest BCUT2D eigenvalue weighted by Crippen LogP contribution is 2.29. The Morgan fingerprint density at radius 3 is 2.55 bits per heavy atom. The first-order chi connectivity index (χ1) is 10.3. The van der Waals surface area contributed by atoms with Gasteiger partial charge in [-0.2, -0.15) is 0 Å². The number of nitrogens with zero attached hydrogens (tertiary/aromatic N) is 1. The van der Waals surface area contributed by atoms with Gasteiger partial charge in [-0.25, -0.2) is 4.79 Å². The Hall–Kier alpha value is -2.24. The summed E-state index contributed by atoms with van der Waals surface area (Å²) in [5.41, 5.74) is -0.117. The number of aldehydes is 1. The Morgan fingerprint density at radius 1 is 1.32 bits per heavy atom. The van der Waals surface area contributed by atoms with Gasteiger partial charge < -0.3 is 19.1 Å². The first-order valence-corrected chi connectivity index (χ1v) is 6.97. The zero-order chi connectivity index (χ0) is 16.8. The fraction of sp³-hybridized carbons (Fsp3) is 0.500. The predicted octanol–water partition coefficient (Wildman–Crippen LogP) is 2.75. The number of hydrogen-bond donors (Lipinski definition) is 0. The summed E-state index contributed by atoms with van der Waals surface area (Å²) in [7, 11) is 3.11. The number of likely N-dealkylation sites (N-methyl/N-ethyl adjacent to an activating group) is 1. The molecule has 0 spiro atoms. The lowest BCUT2D eigenvalue weighted by molar-refractivity contribution is 0.0278. The molecule has 0 aliphatic rings. The van der Waals surface area contributed by atoms with E-state index in [0.29, 0.717) is 29.9 Å². The summed E-state index contributed by atoms with van der Waals surface area (Å²) in [4.78, 5) is 24.2. The number of hydrogen-bond acceptors (Lipinski definition) is 5. The molecule has 0 fully saturated rings. The Bertz CT molecular complexity index is 522. The van der Waals surface area contributed by atoms with Gasteiger partial charge in [0, 0.05) is 7.05 Å². The van der Waals surface area contributed by atoms with E-state index in [9.17, 15) is 9.59 Å². The number of amides is 1. The molecule has 0 N–H and O–H groups in total. The molecule has 0 aliphatic heterocycles. The standard InChI is InChI=1S/C16H23NO5/c1-16(2,3)22-15(19)17(4)9-10-21-13-8-6-7-12(11-18)14(13)20-5/h6-8,11H,9-10H2,1-5H3. The van der Waals surface area contributed by atoms with Crippen molar-refractivity contribution in [1.82, 2.24) is 4.90 Å². The van der Waals surface area contributed by atoms with Gasteiger partial charge in [0.15, 0.2) is 17.8 Å². The average molecular weight is 309 g/mol. The van der Waals surface area contributed by atoms with Crippen molar-refractivity contribution in [2.75, 3.05) is 27.3 Å². The molecule has 0 aromatic heterocycles. The molecule has 0 radical (unpaired) electrons. The second-order valence-electron chi connectivity index (χ2n) is 5.75. The van der Waals surface area contributed by atoms with Crippen LogP contribution in [-0.4, -0.2) is 50.2 Å². The van der Waals surface area contributed by atoms with Gasteiger partial charge in [0.1, 0.15) is 12.2 Å². The average Bonchev–Trinajstić information content (AvgIpc) is 2.44. The van der Waals surface area contributed by atoms with E-state index in [2.05, 4.69) is 0 Å². The summed E-state index contributed by atoms with van der Waals surface area (Å²) >= 11 is 0. The van der Waals surface area contributed by atoms with Crippen LogP contribution in [0.15, 0.2) is 18.2 Å². The van der Waals surface area contributed by atoms with Crippen LogP contribution in [0.25, 0.3) is 0 Å². The van der Waals surface area contributed by atoms with Crippen LogP contribution in [0, 0.1) is 0 Å². The highest BCUT2D eigenvalue weighted by molar-refractivity contribution is 5.81. The number of carbonyl (C=O) groups excluding carboxylic acids is 2. The molecule has 1 aromatic rings. The van der Waals surface area contributed by atoms with Gasteiger partial charge in [0.25, 0.3) is 0 Å². The molecule has 1 aromatic carbocycles. The van der Waals surface area contributed by atoms with Crippen molar-refractivity contribution >= 4 is 12.4 Å². The van der Waals surface area contributed by atoms with Crippen LogP contribution in [0.4, 0.5) is 4.79 Å². The maximum absolute atomic E-state index is 11.8. The summed E-state index contributed by atoms with van der Waals surface area (Å²) < 4.78 is 16.0. The minimum atomic E-state index is -0.534. The molecule has 0 bridgehead atoms. The fourth-order valence-corrected chi connectivity index (χ4v) is 1.68. The van der Waals surface area contributed by atoms with E-state index in [1.807, 2.05) is 20.8 Å². The predicted molar refractivity (Wildman–Crippen MR) is 82.7 cm³/mol. The topological polar surface area (TPSA) is 65.1 Å². The van der Waals surface area contributed by atoms with Crippen LogP contribution < -0.4 is 9.47 Å². The summed E-state index contributed by atoms with van der Waals surface area (Å²) in [6.07, 6.45) is 0.295. The molecule has 6 heteroatoms. The van der Waals surface area contributed by atoms with Crippen LogP contribution in [0.2, 0.25) is 0 Å². The molecular formula is C16H23NO5. The van der Waals surface area contributed by atoms with Gasteiger partial charge in [0.05, 0.1) is 19.2 Å². The first kappa shape index (κ1) is 17.8. The quantitative estimate of drug-likeness (QED) is 0.756. The Kier molecular flexibility index (Phi) is 6.22. The van der Waals surface area contributed by atoms with Gasteiger partial charge in [-0.15, -0.1) is 0 Å². The third-order valence-corrected chi connectivity index (χ3v) is 2.73. The zero-order valence-electron chi connectivity index (χ0n) is 13.7. The van der Waals surface area contributed by atoms with E-state index in [0.717, 1.165) is 0 Å². The summed E-state index contributed by atoms with van der Waals surface area (Å²) in [5.74, 6) is 0.849. The van der Waals surface area contributed by atoms with Crippen molar-refractivity contribution in [1.29, 1.82) is 0 Å². The Morgan fingerprint density at radius 2 is 2.00 bits per heavy atom. The van der Waals surface area contributed by atoms with Crippen LogP contribution in [0.1, 0.15) is 31.1 Å². The lowest BCUT2D eigenvalue weighted by Crippen LogP contribution is -2.36. The SMILES string of the molecule is COc1c(C=O)cccc1OCCN(C)C(=O)OC(C)(C)C. The number of methoxy groups -OCH3 is 1. The molecule has 1 rings (SSSR count). The van der Waals surface area contributed by atoms with Gasteiger partial charge in [-0.05, 0) is 32.9 Å². The van der Waals surface area contributed by atoms with Crippen molar-refractivity contribution in [2.45, 2.75) is 26.4 Å². The van der Waals surface area contributed by atoms with Crippen LogP contribution >= 0.6 is 0 Å². The minimum absolute atomic E-state index is 0.258.